The molecule has 0 aliphatic rings. The van der Waals surface area contributed by atoms with E-state index in [4.69, 9.17) is 49.1 Å². The Bertz CT molecular complexity index is 374. The SMILES string of the molecule is C#CCOCCOCCOCCOCCOCCOCCOCCOCCOC(C)C. The largest absolute Gasteiger partial charge is 0.377 e. The van der Waals surface area contributed by atoms with Gasteiger partial charge in [0.25, 0.3) is 0 Å². The summed E-state index contributed by atoms with van der Waals surface area (Å²) in [5.74, 6) is 2.39. The molecule has 0 fully saturated rings. The molecule has 0 aromatic rings. The van der Waals surface area contributed by atoms with Crippen molar-refractivity contribution in [1.82, 2.24) is 0 Å². The fourth-order valence-electron chi connectivity index (χ4n) is 2.01. The molecule has 0 aromatic carbocycles. The van der Waals surface area contributed by atoms with Crippen LogP contribution >= 0.6 is 0 Å². The molecule has 9 heteroatoms. The van der Waals surface area contributed by atoms with E-state index in [1.165, 1.54) is 0 Å². The Morgan fingerprint density at radius 1 is 0.452 bits per heavy atom. The van der Waals surface area contributed by atoms with Gasteiger partial charge in [-0.2, -0.15) is 0 Å². The molecule has 0 unspecified atom stereocenters. The molecule has 184 valence electrons. The molecule has 0 saturated heterocycles. The fourth-order valence-corrected chi connectivity index (χ4v) is 2.01. The van der Waals surface area contributed by atoms with Crippen LogP contribution in [0.5, 0.6) is 0 Å². The number of rotatable bonds is 26. The molecule has 0 aromatic heterocycles. The van der Waals surface area contributed by atoms with E-state index in [9.17, 15) is 0 Å². The van der Waals surface area contributed by atoms with Crippen molar-refractivity contribution in [1.29, 1.82) is 0 Å². The summed E-state index contributed by atoms with van der Waals surface area (Å²) in [6.45, 7) is 12.9. The van der Waals surface area contributed by atoms with Crippen LogP contribution in [0.25, 0.3) is 0 Å². The van der Waals surface area contributed by atoms with Gasteiger partial charge in [0, 0.05) is 0 Å². The minimum atomic E-state index is 0.237. The lowest BCUT2D eigenvalue weighted by atomic mass is 10.5. The Kier molecular flexibility index (Phi) is 26.5. The van der Waals surface area contributed by atoms with Gasteiger partial charge in [-0.3, -0.25) is 0 Å². The van der Waals surface area contributed by atoms with Crippen LogP contribution in [0, 0.1) is 12.3 Å². The number of hydrogen-bond donors (Lipinski definition) is 0. The summed E-state index contributed by atoms with van der Waals surface area (Å²) in [4.78, 5) is 0. The van der Waals surface area contributed by atoms with Crippen LogP contribution < -0.4 is 0 Å². The van der Waals surface area contributed by atoms with E-state index in [-0.39, 0.29) is 6.10 Å². The number of hydrogen-bond acceptors (Lipinski definition) is 9. The van der Waals surface area contributed by atoms with E-state index >= 15 is 0 Å². The predicted molar refractivity (Wildman–Crippen MR) is 116 cm³/mol. The van der Waals surface area contributed by atoms with Crippen LogP contribution in [0.1, 0.15) is 13.8 Å². The van der Waals surface area contributed by atoms with Crippen molar-refractivity contribution in [2.45, 2.75) is 20.0 Å². The summed E-state index contributed by atoms with van der Waals surface area (Å²) in [6.07, 6.45) is 5.30. The molecule has 31 heavy (non-hydrogen) atoms. The molecule has 0 aliphatic heterocycles. The van der Waals surface area contributed by atoms with E-state index in [0.29, 0.717) is 112 Å². The summed E-state index contributed by atoms with van der Waals surface area (Å²) in [6, 6.07) is 0. The molecule has 0 radical (unpaired) electrons. The Morgan fingerprint density at radius 3 is 0.968 bits per heavy atom. The van der Waals surface area contributed by atoms with Crippen LogP contribution in [0.4, 0.5) is 0 Å². The molecular weight excluding hydrogens is 408 g/mol. The third-order valence-corrected chi connectivity index (χ3v) is 3.47. The maximum absolute atomic E-state index is 5.43. The van der Waals surface area contributed by atoms with Gasteiger partial charge >= 0.3 is 0 Å². The van der Waals surface area contributed by atoms with Crippen LogP contribution in [-0.4, -0.2) is 118 Å². The maximum Gasteiger partial charge on any atom is 0.107 e. The van der Waals surface area contributed by atoms with Crippen molar-refractivity contribution in [2.24, 2.45) is 0 Å². The molecule has 9 nitrogen and oxygen atoms in total. The van der Waals surface area contributed by atoms with Crippen LogP contribution in [0.3, 0.4) is 0 Å². The zero-order valence-corrected chi connectivity index (χ0v) is 19.3. The molecule has 0 atom stereocenters. The van der Waals surface area contributed by atoms with Crippen molar-refractivity contribution < 1.29 is 42.6 Å². The van der Waals surface area contributed by atoms with Crippen LogP contribution in [0.15, 0.2) is 0 Å². The van der Waals surface area contributed by atoms with Crippen molar-refractivity contribution >= 4 is 0 Å². The van der Waals surface area contributed by atoms with Crippen molar-refractivity contribution in [2.75, 3.05) is 112 Å². The molecule has 0 N–H and O–H groups in total. The van der Waals surface area contributed by atoms with E-state index in [1.54, 1.807) is 0 Å². The number of ether oxygens (including phenoxy) is 9. The summed E-state index contributed by atoms with van der Waals surface area (Å²) >= 11 is 0. The quantitative estimate of drug-likeness (QED) is 0.142. The van der Waals surface area contributed by atoms with E-state index in [1.807, 2.05) is 13.8 Å². The highest BCUT2D eigenvalue weighted by Crippen LogP contribution is 1.88. The lowest BCUT2D eigenvalue weighted by Crippen LogP contribution is -2.15. The zero-order valence-electron chi connectivity index (χ0n) is 19.3. The standard InChI is InChI=1S/C22H42O9/c1-4-5-23-6-7-24-8-9-25-10-11-26-12-13-27-14-15-28-16-17-29-18-19-30-20-21-31-22(2)3/h1,22H,5-21H2,2-3H3. The van der Waals surface area contributed by atoms with Gasteiger partial charge in [-0.15, -0.1) is 6.42 Å². The smallest absolute Gasteiger partial charge is 0.107 e. The van der Waals surface area contributed by atoms with Crippen LogP contribution in [-0.2, 0) is 42.6 Å². The van der Waals surface area contributed by atoms with Gasteiger partial charge in [0.15, 0.2) is 0 Å². The minimum Gasteiger partial charge on any atom is -0.377 e. The van der Waals surface area contributed by atoms with Gasteiger partial charge < -0.3 is 42.6 Å². The second-order valence-corrected chi connectivity index (χ2v) is 6.46. The second kappa shape index (κ2) is 27.2. The maximum atomic E-state index is 5.43. The first-order valence-corrected chi connectivity index (χ1v) is 10.9. The molecule has 0 spiro atoms. The average Bonchev–Trinajstić information content (AvgIpc) is 2.76. The molecule has 0 bridgehead atoms. The molecule has 0 amide bonds. The molecule has 0 rings (SSSR count). The highest BCUT2D eigenvalue weighted by atomic mass is 16.6. The topological polar surface area (TPSA) is 83.1 Å². The first kappa shape index (κ1) is 30.2. The fraction of sp³-hybridized carbons (Fsp3) is 0.909. The number of terminal acetylenes is 1. The van der Waals surface area contributed by atoms with Crippen LogP contribution in [0.2, 0.25) is 0 Å². The lowest BCUT2D eigenvalue weighted by Gasteiger charge is -2.09. The van der Waals surface area contributed by atoms with Gasteiger partial charge in [-0.05, 0) is 13.8 Å². The summed E-state index contributed by atoms with van der Waals surface area (Å²) < 4.78 is 48.2. The Labute approximate surface area is 187 Å². The van der Waals surface area contributed by atoms with E-state index in [2.05, 4.69) is 5.92 Å². The first-order valence-electron chi connectivity index (χ1n) is 10.9. The second-order valence-electron chi connectivity index (χ2n) is 6.46. The average molecular weight is 451 g/mol. The van der Waals surface area contributed by atoms with Gasteiger partial charge in [0.05, 0.1) is 112 Å². The van der Waals surface area contributed by atoms with E-state index in [0.717, 1.165) is 0 Å². The summed E-state index contributed by atoms with van der Waals surface area (Å²) in [5, 5.41) is 0. The predicted octanol–water partition coefficient (Wildman–Crippen LogP) is 1.18. The highest BCUT2D eigenvalue weighted by Gasteiger charge is 1.96. The zero-order chi connectivity index (χ0) is 22.7. The molecule has 0 aliphatic carbocycles. The lowest BCUT2D eigenvalue weighted by molar-refractivity contribution is -0.0265. The Balaban J connectivity index is 3.00. The molecule has 0 heterocycles. The van der Waals surface area contributed by atoms with Crippen molar-refractivity contribution in [3.05, 3.63) is 0 Å². The monoisotopic (exact) mass is 450 g/mol. The van der Waals surface area contributed by atoms with Crippen molar-refractivity contribution in [3.8, 4) is 12.3 Å². The normalized spacial score (nSPS) is 11.3. The molecule has 0 saturated carbocycles. The van der Waals surface area contributed by atoms with Gasteiger partial charge in [0.1, 0.15) is 6.61 Å². The Hall–Kier alpha value is -0.800. The third kappa shape index (κ3) is 29.2. The van der Waals surface area contributed by atoms with Gasteiger partial charge in [-0.25, -0.2) is 0 Å². The van der Waals surface area contributed by atoms with E-state index < -0.39 is 0 Å². The highest BCUT2D eigenvalue weighted by molar-refractivity contribution is 4.82. The van der Waals surface area contributed by atoms with Gasteiger partial charge in [0.2, 0.25) is 0 Å². The Morgan fingerprint density at radius 2 is 0.710 bits per heavy atom. The summed E-state index contributed by atoms with van der Waals surface area (Å²) in [5.41, 5.74) is 0. The van der Waals surface area contributed by atoms with Crippen molar-refractivity contribution in [3.63, 3.8) is 0 Å². The third-order valence-electron chi connectivity index (χ3n) is 3.47. The first-order chi connectivity index (χ1) is 15.3. The minimum absolute atomic E-state index is 0.237. The van der Waals surface area contributed by atoms with Gasteiger partial charge in [-0.1, -0.05) is 5.92 Å². The summed E-state index contributed by atoms with van der Waals surface area (Å²) in [7, 11) is 0. The molecular formula is C22H42O9.